The summed E-state index contributed by atoms with van der Waals surface area (Å²) < 4.78 is 0. The van der Waals surface area contributed by atoms with Crippen molar-refractivity contribution >= 4 is 5.91 Å². The summed E-state index contributed by atoms with van der Waals surface area (Å²) in [6.07, 6.45) is 8.51. The van der Waals surface area contributed by atoms with Gasteiger partial charge in [-0.3, -0.25) is 4.79 Å². The number of amides is 1. The van der Waals surface area contributed by atoms with E-state index in [2.05, 4.69) is 20.4 Å². The molecule has 0 aliphatic rings. The molecular formula is C13H25NO. The zero-order chi connectivity index (χ0) is 11.5. The molecule has 88 valence electrons. The SMILES string of the molecule is C=CC(=O)N(CCCC)CCCCCC. The van der Waals surface area contributed by atoms with Crippen molar-refractivity contribution in [3.05, 3.63) is 12.7 Å². The maximum Gasteiger partial charge on any atom is 0.245 e. The summed E-state index contributed by atoms with van der Waals surface area (Å²) in [5.41, 5.74) is 0. The van der Waals surface area contributed by atoms with Gasteiger partial charge in [0, 0.05) is 13.1 Å². The number of carbonyl (C=O) groups is 1. The van der Waals surface area contributed by atoms with Crippen molar-refractivity contribution in [1.82, 2.24) is 4.90 Å². The predicted octanol–water partition coefficient (Wildman–Crippen LogP) is 3.38. The summed E-state index contributed by atoms with van der Waals surface area (Å²) in [7, 11) is 0. The molecule has 0 radical (unpaired) electrons. The normalized spacial score (nSPS) is 10.0. The first-order chi connectivity index (χ1) is 7.26. The van der Waals surface area contributed by atoms with Crippen LogP contribution in [0.4, 0.5) is 0 Å². The van der Waals surface area contributed by atoms with Gasteiger partial charge >= 0.3 is 0 Å². The Morgan fingerprint density at radius 3 is 2.20 bits per heavy atom. The number of hydrogen-bond acceptors (Lipinski definition) is 1. The summed E-state index contributed by atoms with van der Waals surface area (Å²) >= 11 is 0. The van der Waals surface area contributed by atoms with Crippen molar-refractivity contribution in [1.29, 1.82) is 0 Å². The molecule has 0 saturated carbocycles. The van der Waals surface area contributed by atoms with Crippen LogP contribution < -0.4 is 0 Å². The van der Waals surface area contributed by atoms with E-state index in [9.17, 15) is 4.79 Å². The molecule has 2 nitrogen and oxygen atoms in total. The first-order valence-electron chi connectivity index (χ1n) is 6.17. The molecule has 0 aromatic carbocycles. The van der Waals surface area contributed by atoms with Gasteiger partial charge in [0.15, 0.2) is 0 Å². The second-order valence-corrected chi connectivity index (χ2v) is 3.94. The van der Waals surface area contributed by atoms with Gasteiger partial charge in [0.25, 0.3) is 0 Å². The van der Waals surface area contributed by atoms with Gasteiger partial charge in [-0.05, 0) is 18.9 Å². The molecule has 15 heavy (non-hydrogen) atoms. The Bertz CT molecular complexity index is 177. The van der Waals surface area contributed by atoms with Crippen molar-refractivity contribution in [2.75, 3.05) is 13.1 Å². The van der Waals surface area contributed by atoms with Crippen LogP contribution in [0.5, 0.6) is 0 Å². The van der Waals surface area contributed by atoms with Crippen LogP contribution in [0.25, 0.3) is 0 Å². The average Bonchev–Trinajstić information content (AvgIpc) is 2.27. The fourth-order valence-corrected chi connectivity index (χ4v) is 1.54. The molecule has 0 heterocycles. The van der Waals surface area contributed by atoms with E-state index in [1.807, 2.05) is 4.90 Å². The molecule has 0 aliphatic carbocycles. The van der Waals surface area contributed by atoms with Crippen molar-refractivity contribution in [3.8, 4) is 0 Å². The van der Waals surface area contributed by atoms with E-state index < -0.39 is 0 Å². The van der Waals surface area contributed by atoms with Crippen LogP contribution in [0.1, 0.15) is 52.4 Å². The highest BCUT2D eigenvalue weighted by Crippen LogP contribution is 2.03. The van der Waals surface area contributed by atoms with Crippen LogP contribution in [0.2, 0.25) is 0 Å². The van der Waals surface area contributed by atoms with Crippen LogP contribution >= 0.6 is 0 Å². The van der Waals surface area contributed by atoms with Gasteiger partial charge in [-0.2, -0.15) is 0 Å². The molecule has 0 rings (SSSR count). The minimum atomic E-state index is 0.0833. The van der Waals surface area contributed by atoms with E-state index in [1.165, 1.54) is 25.3 Å². The molecule has 0 atom stereocenters. The number of unbranched alkanes of at least 4 members (excludes halogenated alkanes) is 4. The molecular weight excluding hydrogens is 186 g/mol. The number of carbonyl (C=O) groups excluding carboxylic acids is 1. The van der Waals surface area contributed by atoms with Crippen LogP contribution in [0.3, 0.4) is 0 Å². The predicted molar refractivity (Wildman–Crippen MR) is 65.8 cm³/mol. The minimum absolute atomic E-state index is 0.0833. The summed E-state index contributed by atoms with van der Waals surface area (Å²) in [5.74, 6) is 0.0833. The summed E-state index contributed by atoms with van der Waals surface area (Å²) in [6, 6.07) is 0. The highest BCUT2D eigenvalue weighted by atomic mass is 16.2. The third-order valence-corrected chi connectivity index (χ3v) is 2.55. The summed E-state index contributed by atoms with van der Waals surface area (Å²) in [5, 5.41) is 0. The first kappa shape index (κ1) is 14.2. The Labute approximate surface area is 94.4 Å². The van der Waals surface area contributed by atoms with Crippen LogP contribution in [0.15, 0.2) is 12.7 Å². The molecule has 0 N–H and O–H groups in total. The van der Waals surface area contributed by atoms with Gasteiger partial charge in [0.05, 0.1) is 0 Å². The molecule has 0 aromatic heterocycles. The van der Waals surface area contributed by atoms with Gasteiger partial charge in [0.2, 0.25) is 5.91 Å². The standard InChI is InChI=1S/C13H25NO/c1-4-7-9-10-12-14(11-8-5-2)13(15)6-3/h6H,3-5,7-12H2,1-2H3. The van der Waals surface area contributed by atoms with Crippen molar-refractivity contribution in [3.63, 3.8) is 0 Å². The van der Waals surface area contributed by atoms with E-state index >= 15 is 0 Å². The molecule has 0 saturated heterocycles. The zero-order valence-corrected chi connectivity index (χ0v) is 10.3. The second-order valence-electron chi connectivity index (χ2n) is 3.94. The Hall–Kier alpha value is -0.790. The van der Waals surface area contributed by atoms with E-state index in [-0.39, 0.29) is 5.91 Å². The van der Waals surface area contributed by atoms with E-state index in [4.69, 9.17) is 0 Å². The van der Waals surface area contributed by atoms with Crippen molar-refractivity contribution in [2.45, 2.75) is 52.4 Å². The Balaban J connectivity index is 3.79. The van der Waals surface area contributed by atoms with Crippen LogP contribution in [-0.4, -0.2) is 23.9 Å². The number of hydrogen-bond donors (Lipinski definition) is 0. The lowest BCUT2D eigenvalue weighted by atomic mass is 10.2. The smallest absolute Gasteiger partial charge is 0.245 e. The largest absolute Gasteiger partial charge is 0.339 e. The Kier molecular flexibility index (Phi) is 9.24. The molecule has 1 amide bonds. The van der Waals surface area contributed by atoms with E-state index in [1.54, 1.807) is 0 Å². The quantitative estimate of drug-likeness (QED) is 0.423. The van der Waals surface area contributed by atoms with Crippen molar-refractivity contribution < 1.29 is 4.79 Å². The number of nitrogens with zero attached hydrogens (tertiary/aromatic N) is 1. The summed E-state index contributed by atoms with van der Waals surface area (Å²) in [4.78, 5) is 13.4. The fraction of sp³-hybridized carbons (Fsp3) is 0.769. The van der Waals surface area contributed by atoms with Gasteiger partial charge in [0.1, 0.15) is 0 Å². The fourth-order valence-electron chi connectivity index (χ4n) is 1.54. The van der Waals surface area contributed by atoms with Gasteiger partial charge in [-0.1, -0.05) is 46.1 Å². The monoisotopic (exact) mass is 211 g/mol. The van der Waals surface area contributed by atoms with Crippen LogP contribution in [0, 0.1) is 0 Å². The zero-order valence-electron chi connectivity index (χ0n) is 10.3. The molecule has 0 unspecified atom stereocenters. The topological polar surface area (TPSA) is 20.3 Å². The second kappa shape index (κ2) is 9.75. The lowest BCUT2D eigenvalue weighted by Gasteiger charge is -2.20. The average molecular weight is 211 g/mol. The van der Waals surface area contributed by atoms with E-state index in [0.717, 1.165) is 32.4 Å². The van der Waals surface area contributed by atoms with Gasteiger partial charge in [-0.25, -0.2) is 0 Å². The van der Waals surface area contributed by atoms with Crippen molar-refractivity contribution in [2.24, 2.45) is 0 Å². The maximum atomic E-state index is 11.5. The Morgan fingerprint density at radius 1 is 1.07 bits per heavy atom. The minimum Gasteiger partial charge on any atom is -0.339 e. The maximum absolute atomic E-state index is 11.5. The third-order valence-electron chi connectivity index (χ3n) is 2.55. The van der Waals surface area contributed by atoms with Crippen LogP contribution in [-0.2, 0) is 4.79 Å². The molecule has 0 fully saturated rings. The highest BCUT2D eigenvalue weighted by Gasteiger charge is 2.08. The molecule has 0 aliphatic heterocycles. The third kappa shape index (κ3) is 7.18. The molecule has 0 aromatic rings. The van der Waals surface area contributed by atoms with E-state index in [0.29, 0.717) is 0 Å². The lowest BCUT2D eigenvalue weighted by molar-refractivity contribution is -0.126. The van der Waals surface area contributed by atoms with Gasteiger partial charge in [-0.15, -0.1) is 0 Å². The summed E-state index contributed by atoms with van der Waals surface area (Å²) in [6.45, 7) is 9.66. The highest BCUT2D eigenvalue weighted by molar-refractivity contribution is 5.86. The first-order valence-corrected chi connectivity index (χ1v) is 6.17. The lowest BCUT2D eigenvalue weighted by Crippen LogP contribution is -2.31. The Morgan fingerprint density at radius 2 is 1.67 bits per heavy atom. The number of rotatable bonds is 9. The van der Waals surface area contributed by atoms with Gasteiger partial charge < -0.3 is 4.90 Å². The molecule has 0 spiro atoms. The molecule has 2 heteroatoms. The molecule has 0 bridgehead atoms.